The number of carbonyl (C=O) groups excluding carboxylic acids is 1. The summed E-state index contributed by atoms with van der Waals surface area (Å²) in [6, 6.07) is 0.325. The van der Waals surface area contributed by atoms with Gasteiger partial charge in [0.15, 0.2) is 0 Å². The van der Waals surface area contributed by atoms with E-state index in [1.807, 2.05) is 6.92 Å². The third-order valence-electron chi connectivity index (χ3n) is 3.20. The highest BCUT2D eigenvalue weighted by Crippen LogP contribution is 2.25. The Labute approximate surface area is 124 Å². The molecule has 1 aliphatic heterocycles. The Hall–Kier alpha value is -2.03. The van der Waals surface area contributed by atoms with Crippen molar-refractivity contribution in [2.24, 2.45) is 0 Å². The lowest BCUT2D eigenvalue weighted by atomic mass is 10.2. The molecule has 0 bridgehead atoms. The van der Waals surface area contributed by atoms with Crippen LogP contribution in [0.3, 0.4) is 0 Å². The normalized spacial score (nSPS) is 18.0. The number of aliphatic carboxylic acids is 1. The molecule has 2 heterocycles. The van der Waals surface area contributed by atoms with Gasteiger partial charge in [-0.3, -0.25) is 14.9 Å². The zero-order chi connectivity index (χ0) is 15.6. The Bertz CT molecular complexity index is 585. The molecule has 0 aliphatic carbocycles. The second-order valence-corrected chi connectivity index (χ2v) is 5.66. The summed E-state index contributed by atoms with van der Waals surface area (Å²) in [5.74, 6) is -0.927. The van der Waals surface area contributed by atoms with Gasteiger partial charge in [0.05, 0.1) is 17.0 Å². The zero-order valence-corrected chi connectivity index (χ0v) is 12.2. The first-order valence-electron chi connectivity index (χ1n) is 6.41. The molecule has 21 heavy (non-hydrogen) atoms. The van der Waals surface area contributed by atoms with Crippen molar-refractivity contribution in [3.05, 3.63) is 28.1 Å². The van der Waals surface area contributed by atoms with Crippen molar-refractivity contribution in [2.75, 3.05) is 11.6 Å². The molecule has 1 atom stereocenters. The van der Waals surface area contributed by atoms with Gasteiger partial charge in [0, 0.05) is 18.4 Å². The molecular weight excluding hydrogens is 298 g/mol. The largest absolute Gasteiger partial charge is 0.480 e. The minimum Gasteiger partial charge on any atom is -0.480 e. The van der Waals surface area contributed by atoms with Crippen molar-refractivity contribution >= 4 is 29.3 Å². The lowest BCUT2D eigenvalue weighted by Crippen LogP contribution is -2.42. The van der Waals surface area contributed by atoms with Gasteiger partial charge in [0.2, 0.25) is 0 Å². The molecule has 1 N–H and O–H groups in total. The molecule has 1 saturated heterocycles. The average molecular weight is 313 g/mol. The quantitative estimate of drug-likeness (QED) is 0.650. The van der Waals surface area contributed by atoms with Crippen LogP contribution in [-0.4, -0.2) is 49.0 Å². The van der Waals surface area contributed by atoms with Crippen molar-refractivity contribution in [1.29, 1.82) is 0 Å². The monoisotopic (exact) mass is 313 g/mol. The molecule has 1 fully saturated rings. The second-order valence-electron chi connectivity index (χ2n) is 4.66. The fourth-order valence-corrected chi connectivity index (χ4v) is 3.34. The number of carbonyl (C=O) groups is 2. The number of hydrogen-bond acceptors (Lipinski definition) is 5. The Morgan fingerprint density at radius 3 is 2.86 bits per heavy atom. The first-order chi connectivity index (χ1) is 9.95. The van der Waals surface area contributed by atoms with E-state index in [0.717, 1.165) is 0 Å². The maximum absolute atomic E-state index is 12.5. The summed E-state index contributed by atoms with van der Waals surface area (Å²) in [7, 11) is 0. The molecule has 114 valence electrons. The van der Waals surface area contributed by atoms with Crippen LogP contribution in [0.15, 0.2) is 12.3 Å². The maximum Gasteiger partial charge on any atom is 0.327 e. The minimum atomic E-state index is -1.06. The van der Waals surface area contributed by atoms with Gasteiger partial charge in [-0.25, -0.2) is 4.79 Å². The number of nitro groups is 1. The highest BCUT2D eigenvalue weighted by molar-refractivity contribution is 7.99. The number of aromatic nitrogens is 1. The lowest BCUT2D eigenvalue weighted by molar-refractivity contribution is -0.384. The van der Waals surface area contributed by atoms with E-state index in [2.05, 4.69) is 0 Å². The van der Waals surface area contributed by atoms with E-state index in [9.17, 15) is 19.7 Å². The van der Waals surface area contributed by atoms with Crippen LogP contribution >= 0.6 is 11.8 Å². The van der Waals surface area contributed by atoms with Gasteiger partial charge in [-0.05, 0) is 6.42 Å². The van der Waals surface area contributed by atoms with Gasteiger partial charge in [-0.1, -0.05) is 6.92 Å². The van der Waals surface area contributed by atoms with Gasteiger partial charge in [0.25, 0.3) is 11.6 Å². The number of carboxylic acid groups (broad SMARTS) is 1. The molecule has 2 rings (SSSR count). The summed E-state index contributed by atoms with van der Waals surface area (Å²) in [5, 5.41) is 20.0. The van der Waals surface area contributed by atoms with E-state index in [1.54, 1.807) is 0 Å². The zero-order valence-electron chi connectivity index (χ0n) is 11.4. The van der Waals surface area contributed by atoms with Crippen LogP contribution in [-0.2, 0) is 11.3 Å². The molecule has 1 aromatic heterocycles. The molecule has 1 amide bonds. The first-order valence-corrected chi connectivity index (χ1v) is 7.57. The third-order valence-corrected chi connectivity index (χ3v) is 4.22. The number of nitrogens with zero attached hydrogens (tertiary/aromatic N) is 3. The molecule has 0 radical (unpaired) electrons. The third kappa shape index (κ3) is 3.02. The van der Waals surface area contributed by atoms with Gasteiger partial charge < -0.3 is 14.6 Å². The van der Waals surface area contributed by atoms with Crippen molar-refractivity contribution in [3.8, 4) is 0 Å². The van der Waals surface area contributed by atoms with E-state index in [4.69, 9.17) is 5.11 Å². The Balaban J connectivity index is 2.33. The van der Waals surface area contributed by atoms with Gasteiger partial charge in [-0.15, -0.1) is 11.8 Å². The maximum atomic E-state index is 12.5. The van der Waals surface area contributed by atoms with E-state index in [-0.39, 0.29) is 17.3 Å². The number of hydrogen-bond donors (Lipinski definition) is 1. The van der Waals surface area contributed by atoms with Crippen LogP contribution in [0.25, 0.3) is 0 Å². The first kappa shape index (κ1) is 15.4. The van der Waals surface area contributed by atoms with Gasteiger partial charge >= 0.3 is 5.97 Å². The van der Waals surface area contributed by atoms with Gasteiger partial charge in [0.1, 0.15) is 11.7 Å². The SMILES string of the molecule is CCCn1cc([N+](=O)[O-])cc1C(=O)N1CSC[C@H]1C(=O)O. The predicted octanol–water partition coefficient (Wildman–Crippen LogP) is 1.41. The van der Waals surface area contributed by atoms with Crippen molar-refractivity contribution in [3.63, 3.8) is 0 Å². The molecule has 0 aromatic carbocycles. The highest BCUT2D eigenvalue weighted by Gasteiger charge is 2.36. The van der Waals surface area contributed by atoms with E-state index in [0.29, 0.717) is 18.7 Å². The smallest absolute Gasteiger partial charge is 0.327 e. The summed E-state index contributed by atoms with van der Waals surface area (Å²) < 4.78 is 1.52. The number of thioether (sulfide) groups is 1. The van der Waals surface area contributed by atoms with Crippen LogP contribution < -0.4 is 0 Å². The molecule has 8 nitrogen and oxygen atoms in total. The van der Waals surface area contributed by atoms with Crippen LogP contribution in [0.5, 0.6) is 0 Å². The second kappa shape index (κ2) is 6.17. The molecule has 0 spiro atoms. The van der Waals surface area contributed by atoms with Gasteiger partial charge in [-0.2, -0.15) is 0 Å². The van der Waals surface area contributed by atoms with Crippen molar-refractivity contribution < 1.29 is 19.6 Å². The summed E-state index contributed by atoms with van der Waals surface area (Å²) in [5.41, 5.74) is 0.00262. The lowest BCUT2D eigenvalue weighted by Gasteiger charge is -2.21. The Kier molecular flexibility index (Phi) is 4.51. The fourth-order valence-electron chi connectivity index (χ4n) is 2.19. The van der Waals surface area contributed by atoms with Crippen LogP contribution in [0, 0.1) is 10.1 Å². The summed E-state index contributed by atoms with van der Waals surface area (Å²) in [4.78, 5) is 35.2. The van der Waals surface area contributed by atoms with Crippen molar-refractivity contribution in [1.82, 2.24) is 9.47 Å². The molecule has 0 unspecified atom stereocenters. The number of rotatable bonds is 5. The minimum absolute atomic E-state index is 0.162. The van der Waals surface area contributed by atoms with E-state index >= 15 is 0 Å². The van der Waals surface area contributed by atoms with Crippen LogP contribution in [0.1, 0.15) is 23.8 Å². The van der Waals surface area contributed by atoms with Crippen LogP contribution in [0.2, 0.25) is 0 Å². The molecule has 1 aromatic rings. The Morgan fingerprint density at radius 2 is 2.29 bits per heavy atom. The fraction of sp³-hybridized carbons (Fsp3) is 0.500. The molecule has 1 aliphatic rings. The molecular formula is C12H15N3O5S. The molecule has 0 saturated carbocycles. The number of amides is 1. The van der Waals surface area contributed by atoms with E-state index in [1.165, 1.54) is 33.5 Å². The van der Waals surface area contributed by atoms with E-state index < -0.39 is 22.8 Å². The van der Waals surface area contributed by atoms with Crippen molar-refractivity contribution in [2.45, 2.75) is 25.9 Å². The standard InChI is InChI=1S/C12H15N3O5S/c1-2-3-13-5-8(15(19)20)4-9(13)11(16)14-7-21-6-10(14)12(17)18/h4-5,10H,2-3,6-7H2,1H3,(H,17,18)/t10-/m0/s1. The number of aryl methyl sites for hydroxylation is 1. The number of carboxylic acids is 1. The summed E-state index contributed by atoms with van der Waals surface area (Å²) >= 11 is 1.36. The molecule has 9 heteroatoms. The Morgan fingerprint density at radius 1 is 1.57 bits per heavy atom. The van der Waals surface area contributed by atoms with Crippen LogP contribution in [0.4, 0.5) is 5.69 Å². The summed E-state index contributed by atoms with van der Waals surface area (Å²) in [6.07, 6.45) is 2.03. The predicted molar refractivity (Wildman–Crippen MR) is 76.3 cm³/mol. The highest BCUT2D eigenvalue weighted by atomic mass is 32.2. The average Bonchev–Trinajstić information content (AvgIpc) is 3.04. The summed E-state index contributed by atoms with van der Waals surface area (Å²) in [6.45, 7) is 2.36. The topological polar surface area (TPSA) is 106 Å².